The van der Waals surface area contributed by atoms with Gasteiger partial charge in [-0.2, -0.15) is 0 Å². The molecule has 1 aromatic heterocycles. The number of allylic oxidation sites excluding steroid dienone is 2. The van der Waals surface area contributed by atoms with Crippen LogP contribution in [0.15, 0.2) is 43.1 Å². The number of aryl methyl sites for hydroxylation is 2. The second-order valence-electron chi connectivity index (χ2n) is 7.62. The van der Waals surface area contributed by atoms with Gasteiger partial charge in [0.2, 0.25) is 5.52 Å². The fourth-order valence-electron chi connectivity index (χ4n) is 3.44. The van der Waals surface area contributed by atoms with Crippen molar-refractivity contribution in [1.82, 2.24) is 0 Å². The zero-order valence-electron chi connectivity index (χ0n) is 20.6. The van der Waals surface area contributed by atoms with Gasteiger partial charge in [0, 0.05) is 48.7 Å². The molecule has 0 unspecified atom stereocenters. The van der Waals surface area contributed by atoms with Crippen LogP contribution >= 0.6 is 11.6 Å². The Morgan fingerprint density at radius 2 is 1.78 bits per heavy atom. The van der Waals surface area contributed by atoms with Crippen molar-refractivity contribution in [2.75, 3.05) is 0 Å². The van der Waals surface area contributed by atoms with E-state index in [2.05, 4.69) is 44.9 Å². The zero-order chi connectivity index (χ0) is 21.1. The van der Waals surface area contributed by atoms with Crippen molar-refractivity contribution in [1.29, 1.82) is 0 Å². The van der Waals surface area contributed by atoms with Crippen LogP contribution in [0.1, 0.15) is 71.4 Å². The van der Waals surface area contributed by atoms with Crippen LogP contribution in [0, 0.1) is 27.7 Å². The molecular weight excluding hydrogens is 595 g/mol. The van der Waals surface area contributed by atoms with E-state index in [0.29, 0.717) is 5.92 Å². The molecular formula is C28H47ClN2Pt-2. The molecule has 3 rings (SSSR count). The molecule has 32 heavy (non-hydrogen) atoms. The van der Waals surface area contributed by atoms with Crippen molar-refractivity contribution >= 4 is 28.6 Å². The van der Waals surface area contributed by atoms with Gasteiger partial charge in [0.25, 0.3) is 0 Å². The average Bonchev–Trinajstić information content (AvgIpc) is 2.65. The number of fused-ring (bicyclic) bond motifs is 1. The summed E-state index contributed by atoms with van der Waals surface area (Å²) in [4.78, 5) is 0. The van der Waals surface area contributed by atoms with Gasteiger partial charge in [-0.25, -0.2) is 4.57 Å². The number of rotatable bonds is 2. The molecule has 4 heteroatoms. The number of benzene rings is 1. The molecule has 1 aliphatic rings. The maximum atomic E-state index is 7.48. The van der Waals surface area contributed by atoms with Gasteiger partial charge in [0.1, 0.15) is 7.05 Å². The first-order chi connectivity index (χ1) is 13.4. The Labute approximate surface area is 219 Å². The number of hydrogen-bond acceptors (Lipinski definition) is 0. The van der Waals surface area contributed by atoms with E-state index < -0.39 is 0 Å². The van der Waals surface area contributed by atoms with Crippen LogP contribution in [0.3, 0.4) is 0 Å². The molecule has 1 fully saturated rings. The van der Waals surface area contributed by atoms with Crippen molar-refractivity contribution in [2.24, 2.45) is 13.0 Å². The molecule has 1 N–H and O–H groups in total. The molecule has 0 spiro atoms. The Kier molecular flexibility index (Phi) is 24.7. The maximum absolute atomic E-state index is 7.48. The maximum Gasteiger partial charge on any atom is 0.215 e. The quantitative estimate of drug-likeness (QED) is 0.178. The van der Waals surface area contributed by atoms with Crippen molar-refractivity contribution in [2.45, 2.75) is 73.3 Å². The van der Waals surface area contributed by atoms with Gasteiger partial charge in [-0.3, -0.25) is 0 Å². The molecule has 2 nitrogen and oxygen atoms in total. The first-order valence-electron chi connectivity index (χ1n) is 10.4. The van der Waals surface area contributed by atoms with Crippen LogP contribution in [0.5, 0.6) is 0 Å². The summed E-state index contributed by atoms with van der Waals surface area (Å²) in [6, 6.07) is 6.36. The molecule has 1 aromatic carbocycles. The van der Waals surface area contributed by atoms with E-state index in [9.17, 15) is 0 Å². The van der Waals surface area contributed by atoms with Gasteiger partial charge in [0.05, 0.1) is 0 Å². The van der Waals surface area contributed by atoms with Crippen LogP contribution in [0.4, 0.5) is 0 Å². The number of nitrogens with zero attached hydrogens (tertiary/aromatic N) is 1. The molecule has 1 heterocycles. The Hall–Kier alpha value is -0.952. The monoisotopic (exact) mass is 641 g/mol. The minimum Gasteiger partial charge on any atom is -0.674 e. The molecule has 0 bridgehead atoms. The van der Waals surface area contributed by atoms with Gasteiger partial charge in [-0.1, -0.05) is 103 Å². The summed E-state index contributed by atoms with van der Waals surface area (Å²) >= 11 is 6.30. The third-order valence-corrected chi connectivity index (χ3v) is 5.33. The third-order valence-electron chi connectivity index (χ3n) is 5.02. The van der Waals surface area contributed by atoms with E-state index in [4.69, 9.17) is 17.3 Å². The fourth-order valence-corrected chi connectivity index (χ4v) is 3.76. The topological polar surface area (TPSA) is 27.7 Å². The van der Waals surface area contributed by atoms with Gasteiger partial charge in [0.15, 0.2) is 6.20 Å². The van der Waals surface area contributed by atoms with Crippen molar-refractivity contribution in [3.63, 3.8) is 0 Å². The van der Waals surface area contributed by atoms with E-state index in [0.717, 1.165) is 22.4 Å². The molecule has 0 saturated heterocycles. The molecule has 1 aliphatic carbocycles. The average molecular weight is 642 g/mol. The SMILES string of the molecule is C.C=C/C=C\c1c(Cl)cc2ccc[n+](C)c2c1C.CCC.C[C@H]1CCCC[C@@H]1[NH-].[CH3-].[CH3-].[Pt]. The normalized spacial score (nSPS) is 16.5. The predicted molar refractivity (Wildman–Crippen MR) is 145 cm³/mol. The van der Waals surface area contributed by atoms with E-state index >= 15 is 0 Å². The van der Waals surface area contributed by atoms with E-state index in [1.165, 1.54) is 36.8 Å². The number of aromatic nitrogens is 1. The molecule has 2 atom stereocenters. The van der Waals surface area contributed by atoms with Crippen LogP contribution in [0.2, 0.25) is 5.02 Å². The smallest absolute Gasteiger partial charge is 0.215 e. The number of nitrogens with one attached hydrogen (secondary N) is 1. The van der Waals surface area contributed by atoms with Crippen molar-refractivity contribution < 1.29 is 25.6 Å². The summed E-state index contributed by atoms with van der Waals surface area (Å²) in [5.74, 6) is 0.670. The van der Waals surface area contributed by atoms with Crippen LogP contribution in [-0.2, 0) is 28.1 Å². The molecule has 188 valence electrons. The van der Waals surface area contributed by atoms with Crippen molar-refractivity contribution in [3.8, 4) is 0 Å². The van der Waals surface area contributed by atoms with Gasteiger partial charge in [-0.15, -0.1) is 6.04 Å². The van der Waals surface area contributed by atoms with Gasteiger partial charge in [-0.05, 0) is 19.1 Å². The largest absolute Gasteiger partial charge is 0.674 e. The summed E-state index contributed by atoms with van der Waals surface area (Å²) in [5, 5.41) is 1.94. The standard InChI is InChI=1S/C15H15ClN.C7H14N.C3H8.CH4.2CH3.Pt/c1-4-5-8-13-11(2)15-12(10-14(13)16)7-6-9-17(15)3;1-6-4-2-3-5-7(6)8;1-3-2;;;;/h4-10H,1H2,2-3H3;6-8H,2-5H2,1H3;3H2,1-2H3;1H4;2*1H3;/q+1;-1;;;2*-1;/b8-5-;;;;;;/t;6-,7-;;;;;/m.0...../s1. The van der Waals surface area contributed by atoms with E-state index in [1.807, 2.05) is 37.5 Å². The second-order valence-corrected chi connectivity index (χ2v) is 8.03. The Balaban J connectivity index is -0.000000224. The minimum absolute atomic E-state index is 0. The van der Waals surface area contributed by atoms with Gasteiger partial charge < -0.3 is 20.6 Å². The molecule has 2 aromatic rings. The first kappa shape index (κ1) is 38.3. The molecule has 0 amide bonds. The summed E-state index contributed by atoms with van der Waals surface area (Å²) in [5.41, 5.74) is 10.9. The summed E-state index contributed by atoms with van der Waals surface area (Å²) in [6.07, 6.45) is 14.0. The third kappa shape index (κ3) is 11.8. The molecule has 0 aliphatic heterocycles. The van der Waals surface area contributed by atoms with E-state index in [1.54, 1.807) is 6.08 Å². The Morgan fingerprint density at radius 1 is 1.22 bits per heavy atom. The Bertz CT molecular complexity index is 777. The first-order valence-corrected chi connectivity index (χ1v) is 10.8. The predicted octanol–water partition coefficient (Wildman–Crippen LogP) is 9.39. The fraction of sp³-hybridized carbons (Fsp3) is 0.464. The minimum atomic E-state index is 0. The second kappa shape index (κ2) is 20.6. The van der Waals surface area contributed by atoms with Crippen LogP contribution in [0.25, 0.3) is 22.7 Å². The zero-order valence-corrected chi connectivity index (χ0v) is 23.6. The summed E-state index contributed by atoms with van der Waals surface area (Å²) in [7, 11) is 2.05. The summed E-state index contributed by atoms with van der Waals surface area (Å²) < 4.78 is 2.12. The van der Waals surface area contributed by atoms with Crippen molar-refractivity contribution in [3.05, 3.63) is 79.9 Å². The molecule has 0 radical (unpaired) electrons. The van der Waals surface area contributed by atoms with Crippen LogP contribution in [-0.4, -0.2) is 6.04 Å². The summed E-state index contributed by atoms with van der Waals surface area (Å²) in [6.45, 7) is 12.2. The van der Waals surface area contributed by atoms with Crippen LogP contribution < -0.4 is 4.57 Å². The number of pyridine rings is 1. The number of halogens is 1. The van der Waals surface area contributed by atoms with E-state index in [-0.39, 0.29) is 49.4 Å². The molecule has 1 saturated carbocycles. The van der Waals surface area contributed by atoms with Gasteiger partial charge >= 0.3 is 0 Å². The number of hydrogen-bond donors (Lipinski definition) is 0. The Morgan fingerprint density at radius 3 is 2.25 bits per heavy atom.